The van der Waals surface area contributed by atoms with Crippen LogP contribution in [0.4, 0.5) is 0 Å². The molecule has 1 aromatic carbocycles. The van der Waals surface area contributed by atoms with E-state index in [9.17, 15) is 4.79 Å². The van der Waals surface area contributed by atoms with Crippen molar-refractivity contribution in [2.45, 2.75) is 63.1 Å². The first kappa shape index (κ1) is 21.6. The minimum Gasteiger partial charge on any atom is -0.492 e. The minimum atomic E-state index is 0.105. The molecule has 6 nitrogen and oxygen atoms in total. The molecule has 6 heteroatoms. The first-order chi connectivity index (χ1) is 14.8. The molecule has 4 rings (SSSR count). The summed E-state index contributed by atoms with van der Waals surface area (Å²) >= 11 is 0. The highest BCUT2D eigenvalue weighted by Crippen LogP contribution is 2.27. The van der Waals surface area contributed by atoms with Crippen LogP contribution in [0.2, 0.25) is 0 Å². The molecule has 0 spiro atoms. The number of benzene rings is 1. The molecule has 1 aromatic rings. The van der Waals surface area contributed by atoms with Crippen LogP contribution in [0, 0.1) is 0 Å². The maximum absolute atomic E-state index is 13.3. The normalized spacial score (nSPS) is 27.8. The highest BCUT2D eigenvalue weighted by Gasteiger charge is 2.34. The SMILES string of the molecule is CO[C@H]1CCCN2C(=O)c3cccc(c3)OCCN(C3CCOCC3)CCCC[C@@H]12. The van der Waals surface area contributed by atoms with E-state index in [0.717, 1.165) is 83.5 Å². The van der Waals surface area contributed by atoms with Gasteiger partial charge in [-0.3, -0.25) is 9.69 Å². The third kappa shape index (κ3) is 5.16. The number of amides is 1. The molecule has 2 saturated heterocycles. The van der Waals surface area contributed by atoms with Crippen LogP contribution in [0.3, 0.4) is 0 Å². The van der Waals surface area contributed by atoms with Crippen molar-refractivity contribution < 1.29 is 19.0 Å². The van der Waals surface area contributed by atoms with Crippen molar-refractivity contribution in [1.82, 2.24) is 9.80 Å². The van der Waals surface area contributed by atoms with Gasteiger partial charge in [-0.15, -0.1) is 0 Å². The van der Waals surface area contributed by atoms with Crippen LogP contribution >= 0.6 is 0 Å². The van der Waals surface area contributed by atoms with E-state index in [1.54, 1.807) is 7.11 Å². The molecule has 0 saturated carbocycles. The Morgan fingerprint density at radius 3 is 2.67 bits per heavy atom. The molecule has 2 bridgehead atoms. The lowest BCUT2D eigenvalue weighted by atomic mass is 9.93. The number of nitrogens with zero attached hydrogens (tertiary/aromatic N) is 2. The molecular formula is C24H36N2O4. The first-order valence-electron chi connectivity index (χ1n) is 11.6. The third-order valence-electron chi connectivity index (χ3n) is 6.91. The highest BCUT2D eigenvalue weighted by atomic mass is 16.5. The van der Waals surface area contributed by atoms with E-state index in [1.807, 2.05) is 24.3 Å². The molecular weight excluding hydrogens is 380 g/mol. The maximum atomic E-state index is 13.3. The second-order valence-electron chi connectivity index (χ2n) is 8.73. The number of fused-ring (bicyclic) bond motifs is 3. The molecule has 0 aromatic heterocycles. The Morgan fingerprint density at radius 1 is 0.967 bits per heavy atom. The number of carbonyl (C=O) groups is 1. The molecule has 3 heterocycles. The van der Waals surface area contributed by atoms with Gasteiger partial charge in [0, 0.05) is 45.0 Å². The van der Waals surface area contributed by atoms with Gasteiger partial charge in [0.1, 0.15) is 12.4 Å². The van der Waals surface area contributed by atoms with Crippen LogP contribution < -0.4 is 4.74 Å². The van der Waals surface area contributed by atoms with Crippen molar-refractivity contribution in [3.8, 4) is 5.75 Å². The Hall–Kier alpha value is -1.63. The second-order valence-corrected chi connectivity index (χ2v) is 8.73. The van der Waals surface area contributed by atoms with Gasteiger partial charge in [-0.25, -0.2) is 0 Å². The summed E-state index contributed by atoms with van der Waals surface area (Å²) in [6.45, 7) is 5.17. The molecule has 166 valence electrons. The summed E-state index contributed by atoms with van der Waals surface area (Å²) in [4.78, 5) is 18.0. The standard InChI is InChI=1S/C24H36N2O4/c1-28-23-9-5-13-26-22(23)8-2-3-12-25(20-10-15-29-16-11-20)14-17-30-21-7-4-6-19(18-21)24(26)27/h4,6-7,18,20,22-23H,2-3,5,8-17H2,1H3/t22-,23-/m0/s1. The Kier molecular flexibility index (Phi) is 7.63. The third-order valence-corrected chi connectivity index (χ3v) is 6.91. The quantitative estimate of drug-likeness (QED) is 0.740. The second kappa shape index (κ2) is 10.6. The Morgan fingerprint density at radius 2 is 1.83 bits per heavy atom. The van der Waals surface area contributed by atoms with Gasteiger partial charge in [0.2, 0.25) is 0 Å². The molecule has 2 atom stereocenters. The number of piperidine rings is 1. The van der Waals surface area contributed by atoms with Crippen LogP contribution in [0.5, 0.6) is 5.75 Å². The fraction of sp³-hybridized carbons (Fsp3) is 0.708. The van der Waals surface area contributed by atoms with Crippen molar-refractivity contribution in [3.05, 3.63) is 29.8 Å². The summed E-state index contributed by atoms with van der Waals surface area (Å²) in [5.74, 6) is 0.884. The van der Waals surface area contributed by atoms with Crippen molar-refractivity contribution in [2.24, 2.45) is 0 Å². The van der Waals surface area contributed by atoms with Gasteiger partial charge >= 0.3 is 0 Å². The van der Waals surface area contributed by atoms with Gasteiger partial charge in [-0.2, -0.15) is 0 Å². The van der Waals surface area contributed by atoms with E-state index >= 15 is 0 Å². The fourth-order valence-electron chi connectivity index (χ4n) is 5.25. The number of rotatable bonds is 2. The van der Waals surface area contributed by atoms with E-state index in [0.29, 0.717) is 18.2 Å². The van der Waals surface area contributed by atoms with Crippen molar-refractivity contribution in [3.63, 3.8) is 0 Å². The van der Waals surface area contributed by atoms with E-state index in [2.05, 4.69) is 9.80 Å². The topological polar surface area (TPSA) is 51.2 Å². The van der Waals surface area contributed by atoms with Crippen LogP contribution in [-0.4, -0.2) is 80.5 Å². The van der Waals surface area contributed by atoms with Crippen molar-refractivity contribution in [1.29, 1.82) is 0 Å². The molecule has 0 unspecified atom stereocenters. The van der Waals surface area contributed by atoms with Gasteiger partial charge in [0.25, 0.3) is 5.91 Å². The fourth-order valence-corrected chi connectivity index (χ4v) is 5.25. The lowest BCUT2D eigenvalue weighted by Gasteiger charge is -2.41. The molecule has 2 fully saturated rings. The van der Waals surface area contributed by atoms with Gasteiger partial charge in [0.05, 0.1) is 12.1 Å². The predicted molar refractivity (Wildman–Crippen MR) is 116 cm³/mol. The van der Waals surface area contributed by atoms with Crippen LogP contribution in [0.1, 0.15) is 55.3 Å². The summed E-state index contributed by atoms with van der Waals surface area (Å²) in [5, 5.41) is 0. The predicted octanol–water partition coefficient (Wildman–Crippen LogP) is 3.35. The Labute approximate surface area is 180 Å². The average molecular weight is 417 g/mol. The number of methoxy groups -OCH3 is 1. The zero-order valence-corrected chi connectivity index (χ0v) is 18.3. The average Bonchev–Trinajstić information content (AvgIpc) is 2.80. The van der Waals surface area contributed by atoms with E-state index in [1.165, 1.54) is 0 Å². The Bertz CT molecular complexity index is 692. The van der Waals surface area contributed by atoms with Gasteiger partial charge < -0.3 is 19.1 Å². The van der Waals surface area contributed by atoms with Crippen LogP contribution in [0.25, 0.3) is 0 Å². The highest BCUT2D eigenvalue weighted by molar-refractivity contribution is 5.95. The Balaban J connectivity index is 1.54. The van der Waals surface area contributed by atoms with Crippen LogP contribution in [0.15, 0.2) is 24.3 Å². The molecule has 1 amide bonds. The van der Waals surface area contributed by atoms with Crippen molar-refractivity contribution >= 4 is 5.91 Å². The van der Waals surface area contributed by atoms with Gasteiger partial charge in [-0.05, 0) is 63.3 Å². The number of hydrogen-bond donors (Lipinski definition) is 0. The number of ether oxygens (including phenoxy) is 3. The zero-order valence-electron chi connectivity index (χ0n) is 18.3. The zero-order chi connectivity index (χ0) is 20.8. The van der Waals surface area contributed by atoms with Crippen molar-refractivity contribution in [2.75, 3.05) is 46.6 Å². The van der Waals surface area contributed by atoms with E-state index in [-0.39, 0.29) is 18.1 Å². The summed E-state index contributed by atoms with van der Waals surface area (Å²) in [5.41, 5.74) is 0.715. The summed E-state index contributed by atoms with van der Waals surface area (Å²) in [6, 6.07) is 8.43. The van der Waals surface area contributed by atoms with Gasteiger partial charge in [0.15, 0.2) is 0 Å². The lowest BCUT2D eigenvalue weighted by molar-refractivity contribution is -0.0160. The summed E-state index contributed by atoms with van der Waals surface area (Å²) in [6.07, 6.45) is 7.60. The molecule has 0 N–H and O–H groups in total. The molecule has 0 aliphatic carbocycles. The smallest absolute Gasteiger partial charge is 0.254 e. The van der Waals surface area contributed by atoms with E-state index < -0.39 is 0 Å². The first-order valence-corrected chi connectivity index (χ1v) is 11.6. The summed E-state index contributed by atoms with van der Waals surface area (Å²) < 4.78 is 17.4. The molecule has 0 radical (unpaired) electrons. The van der Waals surface area contributed by atoms with Gasteiger partial charge in [-0.1, -0.05) is 12.5 Å². The minimum absolute atomic E-state index is 0.105. The number of hydrogen-bond acceptors (Lipinski definition) is 5. The molecule has 30 heavy (non-hydrogen) atoms. The number of carbonyl (C=O) groups excluding carboxylic acids is 1. The summed E-state index contributed by atoms with van der Waals surface area (Å²) in [7, 11) is 1.78. The molecule has 3 aliphatic heterocycles. The molecule has 3 aliphatic rings. The largest absolute Gasteiger partial charge is 0.492 e. The maximum Gasteiger partial charge on any atom is 0.254 e. The monoisotopic (exact) mass is 416 g/mol. The van der Waals surface area contributed by atoms with E-state index in [4.69, 9.17) is 14.2 Å². The van der Waals surface area contributed by atoms with Crippen LogP contribution in [-0.2, 0) is 9.47 Å². The lowest BCUT2D eigenvalue weighted by Crippen LogP contribution is -2.51.